The van der Waals surface area contributed by atoms with Crippen molar-refractivity contribution in [2.24, 2.45) is 0 Å². The molecule has 0 unspecified atom stereocenters. The Morgan fingerprint density at radius 1 is 1.00 bits per heavy atom. The van der Waals surface area contributed by atoms with Crippen molar-refractivity contribution >= 4 is 17.4 Å². The first-order chi connectivity index (χ1) is 20.3. The first kappa shape index (κ1) is 31.4. The quantitative estimate of drug-likeness (QED) is 0.118. The van der Waals surface area contributed by atoms with Crippen LogP contribution in [0.2, 0.25) is 0 Å². The highest BCUT2D eigenvalue weighted by atomic mass is 16.5. The lowest BCUT2D eigenvalue weighted by molar-refractivity contribution is -0.140. The second-order valence-electron chi connectivity index (χ2n) is 11.0. The fourth-order valence-electron chi connectivity index (χ4n) is 5.80. The van der Waals surface area contributed by atoms with Crippen LogP contribution in [0.4, 0.5) is 0 Å². The molecule has 2 heterocycles. The Morgan fingerprint density at radius 2 is 1.79 bits per heavy atom. The number of hydrogen-bond donors (Lipinski definition) is 1. The zero-order valence-electron chi connectivity index (χ0n) is 25.8. The summed E-state index contributed by atoms with van der Waals surface area (Å²) in [5, 5.41) is 11.6. The van der Waals surface area contributed by atoms with Crippen molar-refractivity contribution in [3.8, 4) is 17.2 Å². The third kappa shape index (κ3) is 6.92. The molecule has 228 valence electrons. The van der Waals surface area contributed by atoms with E-state index in [1.165, 1.54) is 0 Å². The van der Waals surface area contributed by atoms with Crippen LogP contribution in [0.5, 0.6) is 17.2 Å². The summed E-state index contributed by atoms with van der Waals surface area (Å²) in [6.07, 6.45) is 4.60. The van der Waals surface area contributed by atoms with E-state index in [2.05, 4.69) is 25.7 Å². The average Bonchev–Trinajstić information content (AvgIpc) is 3.48. The van der Waals surface area contributed by atoms with Crippen molar-refractivity contribution in [2.45, 2.75) is 78.9 Å². The second kappa shape index (κ2) is 14.6. The highest BCUT2D eigenvalue weighted by Crippen LogP contribution is 2.43. The van der Waals surface area contributed by atoms with Crippen LogP contribution in [-0.2, 0) is 16.0 Å². The second-order valence-corrected chi connectivity index (χ2v) is 11.0. The summed E-state index contributed by atoms with van der Waals surface area (Å²) in [7, 11) is 0. The van der Waals surface area contributed by atoms with Crippen molar-refractivity contribution in [3.05, 3.63) is 58.7 Å². The van der Waals surface area contributed by atoms with Crippen LogP contribution in [0.25, 0.3) is 5.76 Å². The molecular formula is C34H46N2O6. The number of carbonyl (C=O) groups is 2. The van der Waals surface area contributed by atoms with Crippen LogP contribution in [0.15, 0.2) is 42.0 Å². The SMILES string of the molecule is CCCCCOc1ccc([C@@H]2/C(=C(\O)c3ccc4c(c3)C[C@@H](C)O4)C(=O)C(=O)N2CCCN(CC)CC)cc1OCC. The number of Topliss-reactive ketones (excluding diaryl/α,β-unsaturated/α-hetero) is 1. The molecule has 0 aliphatic carbocycles. The molecule has 0 saturated carbocycles. The molecule has 2 aromatic carbocycles. The average molecular weight is 579 g/mol. The van der Waals surface area contributed by atoms with Crippen LogP contribution in [-0.4, -0.2) is 72.1 Å². The molecule has 0 spiro atoms. The maximum Gasteiger partial charge on any atom is 0.295 e. The number of hydrogen-bond acceptors (Lipinski definition) is 7. The molecule has 1 saturated heterocycles. The number of aliphatic hydroxyl groups excluding tert-OH is 1. The Morgan fingerprint density at radius 3 is 2.50 bits per heavy atom. The first-order valence-corrected chi connectivity index (χ1v) is 15.5. The van der Waals surface area contributed by atoms with Crippen LogP contribution < -0.4 is 14.2 Å². The minimum atomic E-state index is -0.751. The maximum atomic E-state index is 13.6. The Hall–Kier alpha value is -3.52. The van der Waals surface area contributed by atoms with Crippen molar-refractivity contribution in [3.63, 3.8) is 0 Å². The number of amides is 1. The topological polar surface area (TPSA) is 88.5 Å². The van der Waals surface area contributed by atoms with Crippen LogP contribution >= 0.6 is 0 Å². The van der Waals surface area contributed by atoms with Crippen molar-refractivity contribution in [1.29, 1.82) is 0 Å². The van der Waals surface area contributed by atoms with E-state index in [0.717, 1.165) is 56.6 Å². The van der Waals surface area contributed by atoms with Crippen LogP contribution in [0.3, 0.4) is 0 Å². The monoisotopic (exact) mass is 578 g/mol. The molecule has 1 fully saturated rings. The van der Waals surface area contributed by atoms with Gasteiger partial charge in [-0.25, -0.2) is 0 Å². The van der Waals surface area contributed by atoms with Gasteiger partial charge in [-0.3, -0.25) is 9.59 Å². The van der Waals surface area contributed by atoms with E-state index >= 15 is 0 Å². The maximum absolute atomic E-state index is 13.6. The zero-order chi connectivity index (χ0) is 30.2. The summed E-state index contributed by atoms with van der Waals surface area (Å²) in [4.78, 5) is 31.0. The number of fused-ring (bicyclic) bond motifs is 1. The molecule has 2 atom stereocenters. The van der Waals surface area contributed by atoms with Crippen molar-refractivity contribution < 1.29 is 28.9 Å². The zero-order valence-corrected chi connectivity index (χ0v) is 25.8. The molecule has 1 N–H and O–H groups in total. The van der Waals surface area contributed by atoms with Gasteiger partial charge in [-0.1, -0.05) is 39.7 Å². The number of ketones is 1. The molecule has 0 bridgehead atoms. The lowest BCUT2D eigenvalue weighted by Crippen LogP contribution is -2.33. The number of nitrogens with zero attached hydrogens (tertiary/aromatic N) is 2. The number of unbranched alkanes of at least 4 members (excludes halogenated alkanes) is 2. The van der Waals surface area contributed by atoms with Gasteiger partial charge in [0.2, 0.25) is 0 Å². The van der Waals surface area contributed by atoms with Gasteiger partial charge in [0.05, 0.1) is 24.8 Å². The number of benzene rings is 2. The summed E-state index contributed by atoms with van der Waals surface area (Å²) in [5.74, 6) is 0.514. The molecular weight excluding hydrogens is 532 g/mol. The summed E-state index contributed by atoms with van der Waals surface area (Å²) >= 11 is 0. The normalized spacial score (nSPS) is 19.3. The molecule has 1 amide bonds. The summed E-state index contributed by atoms with van der Waals surface area (Å²) in [6, 6.07) is 10.2. The first-order valence-electron chi connectivity index (χ1n) is 15.5. The minimum absolute atomic E-state index is 0.0495. The molecule has 8 nitrogen and oxygen atoms in total. The molecule has 2 aromatic rings. The third-order valence-electron chi connectivity index (χ3n) is 8.07. The van der Waals surface area contributed by atoms with Crippen molar-refractivity contribution in [2.75, 3.05) is 39.4 Å². The Labute approximate surface area is 250 Å². The Kier molecular flexibility index (Phi) is 10.9. The van der Waals surface area contributed by atoms with E-state index in [0.29, 0.717) is 48.8 Å². The lowest BCUT2D eigenvalue weighted by Gasteiger charge is -2.27. The fourth-order valence-corrected chi connectivity index (χ4v) is 5.80. The van der Waals surface area contributed by atoms with E-state index in [9.17, 15) is 14.7 Å². The van der Waals surface area contributed by atoms with Gasteiger partial charge in [0.25, 0.3) is 11.7 Å². The molecule has 0 radical (unpaired) electrons. The lowest BCUT2D eigenvalue weighted by atomic mass is 9.94. The molecule has 8 heteroatoms. The van der Waals surface area contributed by atoms with Gasteiger partial charge in [0.1, 0.15) is 17.6 Å². The van der Waals surface area contributed by atoms with E-state index in [4.69, 9.17) is 14.2 Å². The number of aliphatic hydroxyl groups is 1. The van der Waals surface area contributed by atoms with E-state index in [-0.39, 0.29) is 17.4 Å². The highest BCUT2D eigenvalue weighted by molar-refractivity contribution is 6.46. The number of likely N-dealkylation sites (tertiary alicyclic amines) is 1. The minimum Gasteiger partial charge on any atom is -0.507 e. The van der Waals surface area contributed by atoms with Gasteiger partial charge in [-0.05, 0) is 87.8 Å². The van der Waals surface area contributed by atoms with Crippen LogP contribution in [0, 0.1) is 0 Å². The summed E-state index contributed by atoms with van der Waals surface area (Å²) in [6.45, 7) is 14.3. The molecule has 42 heavy (non-hydrogen) atoms. The smallest absolute Gasteiger partial charge is 0.295 e. The summed E-state index contributed by atoms with van der Waals surface area (Å²) in [5.41, 5.74) is 2.26. The standard InChI is InChI=1S/C34H46N2O6/c1-6-10-11-19-41-28-16-13-24(22-29(28)40-9-4)31-30(32(37)25-14-15-27-26(21-25)20-23(5)42-27)33(38)34(39)36(31)18-12-17-35(7-2)8-3/h13-16,21-23,31,37H,6-12,17-20H2,1-5H3/b32-30+/t23-,31-/m1/s1. The Bertz CT molecular complexity index is 1280. The van der Waals surface area contributed by atoms with E-state index in [1.807, 2.05) is 44.2 Å². The number of rotatable bonds is 15. The third-order valence-corrected chi connectivity index (χ3v) is 8.07. The highest BCUT2D eigenvalue weighted by Gasteiger charge is 2.46. The fraction of sp³-hybridized carbons (Fsp3) is 0.529. The molecule has 4 rings (SSSR count). The van der Waals surface area contributed by atoms with Gasteiger partial charge >= 0.3 is 0 Å². The van der Waals surface area contributed by atoms with Crippen molar-refractivity contribution in [1.82, 2.24) is 9.80 Å². The van der Waals surface area contributed by atoms with Crippen LogP contribution in [0.1, 0.15) is 83.0 Å². The largest absolute Gasteiger partial charge is 0.507 e. The molecule has 2 aliphatic rings. The summed E-state index contributed by atoms with van der Waals surface area (Å²) < 4.78 is 17.8. The van der Waals surface area contributed by atoms with E-state index < -0.39 is 17.7 Å². The van der Waals surface area contributed by atoms with Gasteiger partial charge in [0, 0.05) is 18.5 Å². The number of ether oxygens (including phenoxy) is 3. The van der Waals surface area contributed by atoms with E-state index in [1.54, 1.807) is 11.0 Å². The molecule has 0 aromatic heterocycles. The predicted molar refractivity (Wildman–Crippen MR) is 164 cm³/mol. The van der Waals surface area contributed by atoms with Gasteiger partial charge in [-0.15, -0.1) is 0 Å². The predicted octanol–water partition coefficient (Wildman–Crippen LogP) is 6.13. The van der Waals surface area contributed by atoms with Gasteiger partial charge < -0.3 is 29.1 Å². The van der Waals surface area contributed by atoms with Gasteiger partial charge in [0.15, 0.2) is 11.5 Å². The molecule has 2 aliphatic heterocycles. The van der Waals surface area contributed by atoms with Gasteiger partial charge in [-0.2, -0.15) is 0 Å². The number of carbonyl (C=O) groups excluding carboxylic acids is 2. The Balaban J connectivity index is 1.74.